The van der Waals surface area contributed by atoms with Gasteiger partial charge in [-0.1, -0.05) is 17.8 Å². The number of alkyl halides is 3. The lowest BCUT2D eigenvalue weighted by Gasteiger charge is -2.32. The van der Waals surface area contributed by atoms with Gasteiger partial charge in [0.2, 0.25) is 11.8 Å². The molecule has 2 amide bonds. The highest BCUT2D eigenvalue weighted by atomic mass is 32.2. The summed E-state index contributed by atoms with van der Waals surface area (Å²) in [6, 6.07) is 11.3. The van der Waals surface area contributed by atoms with Crippen molar-refractivity contribution in [2.45, 2.75) is 19.3 Å². The van der Waals surface area contributed by atoms with Gasteiger partial charge in [0.1, 0.15) is 11.9 Å². The second kappa shape index (κ2) is 10.0. The van der Waals surface area contributed by atoms with E-state index in [4.69, 9.17) is 4.74 Å². The molecule has 2 aliphatic heterocycles. The van der Waals surface area contributed by atoms with Crippen molar-refractivity contribution in [1.29, 1.82) is 0 Å². The van der Waals surface area contributed by atoms with Gasteiger partial charge in [-0.2, -0.15) is 13.2 Å². The molecule has 1 saturated heterocycles. The van der Waals surface area contributed by atoms with Crippen LogP contribution in [0.2, 0.25) is 0 Å². The van der Waals surface area contributed by atoms with E-state index >= 15 is 0 Å². The SMILES string of the molecule is CCOc1ccc(NC(=O)CSC2=NC3NNCC3C(=O)N2c2cccc(C(F)(F)F)c2)cc1. The molecular weight excluding hydrogens is 471 g/mol. The Morgan fingerprint density at radius 3 is 2.74 bits per heavy atom. The van der Waals surface area contributed by atoms with Crippen molar-refractivity contribution in [2.24, 2.45) is 10.9 Å². The fraction of sp³-hybridized carbons (Fsp3) is 0.318. The number of aliphatic imine (C=N–C) groups is 1. The predicted molar refractivity (Wildman–Crippen MR) is 123 cm³/mol. The number of hydrogen-bond donors (Lipinski definition) is 3. The van der Waals surface area contributed by atoms with Gasteiger partial charge in [0, 0.05) is 12.2 Å². The average molecular weight is 494 g/mol. The third-order valence-corrected chi connectivity index (χ3v) is 6.10. The third-order valence-electron chi connectivity index (χ3n) is 5.14. The van der Waals surface area contributed by atoms with Crippen molar-refractivity contribution in [3.8, 4) is 5.75 Å². The van der Waals surface area contributed by atoms with E-state index in [2.05, 4.69) is 21.2 Å². The topological polar surface area (TPSA) is 95.1 Å². The van der Waals surface area contributed by atoms with E-state index in [-0.39, 0.29) is 22.5 Å². The molecule has 180 valence electrons. The van der Waals surface area contributed by atoms with Crippen molar-refractivity contribution in [3.63, 3.8) is 0 Å². The van der Waals surface area contributed by atoms with Crippen LogP contribution in [0.15, 0.2) is 53.5 Å². The molecule has 3 N–H and O–H groups in total. The van der Waals surface area contributed by atoms with Crippen LogP contribution in [0.4, 0.5) is 24.5 Å². The Kier molecular flexibility index (Phi) is 7.10. The lowest BCUT2D eigenvalue weighted by atomic mass is 10.0. The minimum atomic E-state index is -4.56. The Morgan fingerprint density at radius 2 is 2.03 bits per heavy atom. The van der Waals surface area contributed by atoms with Crippen LogP contribution in [0.3, 0.4) is 0 Å². The summed E-state index contributed by atoms with van der Waals surface area (Å²) in [5.41, 5.74) is 5.46. The molecule has 8 nitrogen and oxygen atoms in total. The van der Waals surface area contributed by atoms with E-state index in [9.17, 15) is 22.8 Å². The summed E-state index contributed by atoms with van der Waals surface area (Å²) in [6.45, 7) is 2.68. The van der Waals surface area contributed by atoms with E-state index in [0.717, 1.165) is 28.8 Å². The maximum absolute atomic E-state index is 13.3. The molecule has 2 aliphatic rings. The van der Waals surface area contributed by atoms with E-state index in [1.165, 1.54) is 12.1 Å². The monoisotopic (exact) mass is 493 g/mol. The molecule has 12 heteroatoms. The first-order chi connectivity index (χ1) is 16.3. The molecular formula is C22H22F3N5O3S. The van der Waals surface area contributed by atoms with E-state index in [1.807, 2.05) is 6.92 Å². The molecule has 0 radical (unpaired) electrons. The van der Waals surface area contributed by atoms with Crippen molar-refractivity contribution >= 4 is 40.1 Å². The Bertz CT molecular complexity index is 1090. The summed E-state index contributed by atoms with van der Waals surface area (Å²) in [7, 11) is 0. The number of nitrogens with zero attached hydrogens (tertiary/aromatic N) is 2. The Morgan fingerprint density at radius 1 is 1.26 bits per heavy atom. The van der Waals surface area contributed by atoms with Gasteiger partial charge in [-0.05, 0) is 49.4 Å². The van der Waals surface area contributed by atoms with Crippen LogP contribution in [-0.4, -0.2) is 42.1 Å². The molecule has 2 unspecified atom stereocenters. The van der Waals surface area contributed by atoms with Crippen LogP contribution in [0.25, 0.3) is 0 Å². The van der Waals surface area contributed by atoms with Crippen LogP contribution in [-0.2, 0) is 15.8 Å². The molecule has 0 saturated carbocycles. The predicted octanol–water partition coefficient (Wildman–Crippen LogP) is 3.23. The first kappa shape index (κ1) is 24.0. The highest BCUT2D eigenvalue weighted by molar-refractivity contribution is 8.14. The van der Waals surface area contributed by atoms with Gasteiger partial charge in [-0.3, -0.25) is 19.9 Å². The number of hydrogen-bond acceptors (Lipinski definition) is 7. The normalized spacial score (nSPS) is 20.1. The molecule has 1 fully saturated rings. The molecule has 0 aliphatic carbocycles. The number of hydrazine groups is 1. The molecule has 0 bridgehead atoms. The number of thioether (sulfide) groups is 1. The number of amides is 2. The smallest absolute Gasteiger partial charge is 0.416 e. The Hall–Kier alpha value is -3.09. The maximum atomic E-state index is 13.3. The number of carbonyl (C=O) groups is 2. The zero-order valence-corrected chi connectivity index (χ0v) is 18.9. The molecule has 2 heterocycles. The summed E-state index contributed by atoms with van der Waals surface area (Å²) in [4.78, 5) is 31.3. The highest BCUT2D eigenvalue weighted by Gasteiger charge is 2.43. The summed E-state index contributed by atoms with van der Waals surface area (Å²) in [5.74, 6) is -0.746. The second-order valence-corrected chi connectivity index (χ2v) is 8.45. The number of carbonyl (C=O) groups excluding carboxylic acids is 2. The minimum Gasteiger partial charge on any atom is -0.494 e. The lowest BCUT2D eigenvalue weighted by Crippen LogP contribution is -2.49. The third kappa shape index (κ3) is 5.34. The van der Waals surface area contributed by atoms with E-state index in [1.54, 1.807) is 24.3 Å². The molecule has 2 aromatic carbocycles. The largest absolute Gasteiger partial charge is 0.494 e. The summed E-state index contributed by atoms with van der Waals surface area (Å²) < 4.78 is 45.1. The number of benzene rings is 2. The van der Waals surface area contributed by atoms with Gasteiger partial charge in [0.05, 0.1) is 29.5 Å². The molecule has 4 rings (SSSR count). The Balaban J connectivity index is 1.51. The summed E-state index contributed by atoms with van der Waals surface area (Å²) >= 11 is 0.974. The maximum Gasteiger partial charge on any atom is 0.416 e. The highest BCUT2D eigenvalue weighted by Crippen LogP contribution is 2.34. The van der Waals surface area contributed by atoms with Gasteiger partial charge in [0.15, 0.2) is 5.17 Å². The van der Waals surface area contributed by atoms with Gasteiger partial charge < -0.3 is 10.1 Å². The number of nitrogens with one attached hydrogen (secondary N) is 3. The number of fused-ring (bicyclic) bond motifs is 1. The van der Waals surface area contributed by atoms with Gasteiger partial charge in [-0.25, -0.2) is 10.4 Å². The average Bonchev–Trinajstić information content (AvgIpc) is 3.28. The number of halogens is 3. The molecule has 2 aromatic rings. The standard InChI is InChI=1S/C22H22F3N5O3S/c1-2-33-16-8-6-14(7-9-16)27-18(31)12-34-21-28-19-17(11-26-29-19)20(32)30(21)15-5-3-4-13(10-15)22(23,24)25/h3-10,17,19,26,29H,2,11-12H2,1H3,(H,27,31). The van der Waals surface area contributed by atoms with Crippen LogP contribution in [0.1, 0.15) is 12.5 Å². The molecule has 0 aromatic heterocycles. The van der Waals surface area contributed by atoms with Crippen molar-refractivity contribution in [1.82, 2.24) is 10.9 Å². The minimum absolute atomic E-state index is 0.0448. The van der Waals surface area contributed by atoms with Crippen molar-refractivity contribution in [3.05, 3.63) is 54.1 Å². The summed E-state index contributed by atoms with van der Waals surface area (Å²) in [5, 5.41) is 2.88. The van der Waals surface area contributed by atoms with Crippen LogP contribution < -0.4 is 25.8 Å². The first-order valence-corrected chi connectivity index (χ1v) is 11.5. The molecule has 0 spiro atoms. The van der Waals surface area contributed by atoms with Crippen LogP contribution >= 0.6 is 11.8 Å². The second-order valence-electron chi connectivity index (χ2n) is 7.50. The van der Waals surface area contributed by atoms with Gasteiger partial charge in [-0.15, -0.1) is 0 Å². The summed E-state index contributed by atoms with van der Waals surface area (Å²) in [6.07, 6.45) is -5.12. The molecule has 2 atom stereocenters. The molecule has 34 heavy (non-hydrogen) atoms. The van der Waals surface area contributed by atoms with Crippen molar-refractivity contribution < 1.29 is 27.5 Å². The van der Waals surface area contributed by atoms with E-state index < -0.39 is 29.7 Å². The quantitative estimate of drug-likeness (QED) is 0.572. The number of rotatable bonds is 6. The fourth-order valence-electron chi connectivity index (χ4n) is 3.56. The van der Waals surface area contributed by atoms with Crippen molar-refractivity contribution in [2.75, 3.05) is 29.1 Å². The zero-order chi connectivity index (χ0) is 24.3. The van der Waals surface area contributed by atoms with Gasteiger partial charge >= 0.3 is 6.18 Å². The van der Waals surface area contributed by atoms with Gasteiger partial charge in [0.25, 0.3) is 0 Å². The Labute approximate surface area is 197 Å². The number of anilines is 2. The lowest BCUT2D eigenvalue weighted by molar-refractivity contribution is -0.137. The van der Waals surface area contributed by atoms with E-state index in [0.29, 0.717) is 24.6 Å². The fourth-order valence-corrected chi connectivity index (χ4v) is 4.40. The zero-order valence-electron chi connectivity index (χ0n) is 18.1. The number of ether oxygens (including phenoxy) is 1. The first-order valence-electron chi connectivity index (χ1n) is 10.5. The van der Waals surface area contributed by atoms with Crippen LogP contribution in [0, 0.1) is 5.92 Å². The number of amidine groups is 1. The van der Waals surface area contributed by atoms with Crippen LogP contribution in [0.5, 0.6) is 5.75 Å².